The highest BCUT2D eigenvalue weighted by Crippen LogP contribution is 2.25. The van der Waals surface area contributed by atoms with Crippen molar-refractivity contribution in [2.75, 3.05) is 20.2 Å². The number of pyridine rings is 1. The van der Waals surface area contributed by atoms with Crippen molar-refractivity contribution in [3.8, 4) is 5.88 Å². The van der Waals surface area contributed by atoms with Crippen molar-refractivity contribution in [1.29, 1.82) is 0 Å². The Labute approximate surface area is 147 Å². The van der Waals surface area contributed by atoms with Gasteiger partial charge in [-0.05, 0) is 52.3 Å². The Kier molecular flexibility index (Phi) is 4.80. The average molecular weight is 391 g/mol. The molecule has 0 bridgehead atoms. The molecule has 0 aliphatic carbocycles. The first kappa shape index (κ1) is 16.4. The summed E-state index contributed by atoms with van der Waals surface area (Å²) in [7, 11) is 1.32. The average Bonchev–Trinajstić information content (AvgIpc) is 2.58. The minimum atomic E-state index is -0.424. The van der Waals surface area contributed by atoms with Crippen LogP contribution >= 0.6 is 15.9 Å². The lowest BCUT2D eigenvalue weighted by Gasteiger charge is -2.38. The van der Waals surface area contributed by atoms with Crippen LogP contribution in [0, 0.1) is 0 Å². The van der Waals surface area contributed by atoms with Crippen LogP contribution in [0.2, 0.25) is 0 Å². The fourth-order valence-corrected chi connectivity index (χ4v) is 2.69. The molecule has 1 saturated heterocycles. The van der Waals surface area contributed by atoms with Crippen LogP contribution in [0.5, 0.6) is 5.88 Å². The maximum atomic E-state index is 12.4. The third-order valence-corrected chi connectivity index (χ3v) is 4.29. The predicted molar refractivity (Wildman–Crippen MR) is 90.0 cm³/mol. The molecule has 2 heterocycles. The van der Waals surface area contributed by atoms with Crippen molar-refractivity contribution >= 4 is 27.8 Å². The van der Waals surface area contributed by atoms with E-state index in [9.17, 15) is 9.59 Å². The molecule has 0 N–H and O–H groups in total. The molecule has 1 aromatic heterocycles. The fraction of sp³-hybridized carbons (Fsp3) is 0.235. The van der Waals surface area contributed by atoms with Crippen LogP contribution in [-0.2, 0) is 4.74 Å². The third-order valence-electron chi connectivity index (χ3n) is 3.69. The van der Waals surface area contributed by atoms with Gasteiger partial charge in [-0.1, -0.05) is 0 Å². The molecule has 0 saturated carbocycles. The predicted octanol–water partition coefficient (Wildman–Crippen LogP) is 2.53. The second-order valence-corrected chi connectivity index (χ2v) is 6.16. The SMILES string of the molecule is COC(=O)c1ccc(C(=O)N2CC(Oc3ncccc3Br)C2)cc1. The van der Waals surface area contributed by atoms with E-state index >= 15 is 0 Å². The highest BCUT2D eigenvalue weighted by Gasteiger charge is 2.33. The fourth-order valence-electron chi connectivity index (χ4n) is 2.34. The van der Waals surface area contributed by atoms with Crippen LogP contribution in [0.15, 0.2) is 47.1 Å². The van der Waals surface area contributed by atoms with Gasteiger partial charge < -0.3 is 14.4 Å². The number of benzene rings is 1. The molecule has 2 aromatic rings. The highest BCUT2D eigenvalue weighted by molar-refractivity contribution is 9.10. The normalized spacial score (nSPS) is 14.0. The van der Waals surface area contributed by atoms with Gasteiger partial charge in [-0.3, -0.25) is 4.79 Å². The van der Waals surface area contributed by atoms with Crippen molar-refractivity contribution in [1.82, 2.24) is 9.88 Å². The lowest BCUT2D eigenvalue weighted by atomic mass is 10.1. The van der Waals surface area contributed by atoms with E-state index in [4.69, 9.17) is 4.74 Å². The van der Waals surface area contributed by atoms with E-state index in [1.165, 1.54) is 7.11 Å². The van der Waals surface area contributed by atoms with Gasteiger partial charge in [-0.25, -0.2) is 9.78 Å². The molecule has 24 heavy (non-hydrogen) atoms. The summed E-state index contributed by atoms with van der Waals surface area (Å²) in [4.78, 5) is 29.6. The standard InChI is InChI=1S/C17H15BrN2O4/c1-23-17(22)12-6-4-11(5-7-12)16(21)20-9-13(10-20)24-15-14(18)3-2-8-19-15/h2-8,13H,9-10H2,1H3. The molecule has 0 unspecified atom stereocenters. The van der Waals surface area contributed by atoms with Gasteiger partial charge in [-0.2, -0.15) is 0 Å². The van der Waals surface area contributed by atoms with Crippen LogP contribution < -0.4 is 4.74 Å². The van der Waals surface area contributed by atoms with E-state index in [1.54, 1.807) is 35.4 Å². The summed E-state index contributed by atoms with van der Waals surface area (Å²) in [5.74, 6) is 0.00994. The summed E-state index contributed by atoms with van der Waals surface area (Å²) in [5, 5.41) is 0. The lowest BCUT2D eigenvalue weighted by Crippen LogP contribution is -2.56. The Bertz CT molecular complexity index is 757. The van der Waals surface area contributed by atoms with Gasteiger partial charge in [0.2, 0.25) is 5.88 Å². The first-order valence-corrected chi connectivity index (χ1v) is 8.12. The Morgan fingerprint density at radius 3 is 2.46 bits per heavy atom. The summed E-state index contributed by atoms with van der Waals surface area (Å²) in [6, 6.07) is 10.1. The van der Waals surface area contributed by atoms with Gasteiger partial charge in [0.25, 0.3) is 5.91 Å². The van der Waals surface area contributed by atoms with E-state index in [2.05, 4.69) is 25.7 Å². The number of esters is 1. The maximum Gasteiger partial charge on any atom is 0.337 e. The summed E-state index contributed by atoms with van der Waals surface area (Å²) < 4.78 is 11.2. The van der Waals surface area contributed by atoms with Gasteiger partial charge in [0.1, 0.15) is 6.10 Å². The van der Waals surface area contributed by atoms with Crippen LogP contribution in [0.3, 0.4) is 0 Å². The molecular weight excluding hydrogens is 376 g/mol. The zero-order valence-electron chi connectivity index (χ0n) is 12.9. The van der Waals surface area contributed by atoms with E-state index in [0.717, 1.165) is 4.47 Å². The van der Waals surface area contributed by atoms with E-state index in [0.29, 0.717) is 30.1 Å². The zero-order chi connectivity index (χ0) is 17.1. The van der Waals surface area contributed by atoms with E-state index in [-0.39, 0.29) is 12.0 Å². The van der Waals surface area contributed by atoms with Crippen LogP contribution in [0.4, 0.5) is 0 Å². The minimum Gasteiger partial charge on any atom is -0.470 e. The molecule has 1 aliphatic rings. The molecule has 1 aliphatic heterocycles. The third kappa shape index (κ3) is 3.41. The van der Waals surface area contributed by atoms with Crippen LogP contribution in [0.1, 0.15) is 20.7 Å². The molecule has 0 radical (unpaired) electrons. The Morgan fingerprint density at radius 1 is 1.17 bits per heavy atom. The molecule has 0 atom stereocenters. The van der Waals surface area contributed by atoms with Gasteiger partial charge in [0.15, 0.2) is 0 Å². The number of likely N-dealkylation sites (tertiary alicyclic amines) is 1. The first-order valence-electron chi connectivity index (χ1n) is 7.33. The summed E-state index contributed by atoms with van der Waals surface area (Å²) >= 11 is 3.38. The number of carbonyl (C=O) groups excluding carboxylic acids is 2. The number of nitrogens with zero attached hydrogens (tertiary/aromatic N) is 2. The zero-order valence-corrected chi connectivity index (χ0v) is 14.5. The van der Waals surface area contributed by atoms with Crippen molar-refractivity contribution < 1.29 is 19.1 Å². The number of halogens is 1. The molecule has 7 heteroatoms. The smallest absolute Gasteiger partial charge is 0.337 e. The summed E-state index contributed by atoms with van der Waals surface area (Å²) in [6.07, 6.45) is 1.58. The lowest BCUT2D eigenvalue weighted by molar-refractivity contribution is 0.0157. The number of hydrogen-bond donors (Lipinski definition) is 0. The molecule has 1 fully saturated rings. The first-order chi connectivity index (χ1) is 11.6. The molecular formula is C17H15BrN2O4. The monoisotopic (exact) mass is 390 g/mol. The number of amides is 1. The quantitative estimate of drug-likeness (QED) is 0.750. The van der Waals surface area contributed by atoms with Gasteiger partial charge in [0, 0.05) is 11.8 Å². The number of methoxy groups -OCH3 is 1. The second kappa shape index (κ2) is 7.00. The highest BCUT2D eigenvalue weighted by atomic mass is 79.9. The van der Waals surface area contributed by atoms with Crippen molar-refractivity contribution in [2.24, 2.45) is 0 Å². The van der Waals surface area contributed by atoms with Crippen molar-refractivity contribution in [3.63, 3.8) is 0 Å². The summed E-state index contributed by atoms with van der Waals surface area (Å²) in [5.41, 5.74) is 0.944. The number of carbonyl (C=O) groups is 2. The maximum absolute atomic E-state index is 12.4. The Morgan fingerprint density at radius 2 is 1.83 bits per heavy atom. The second-order valence-electron chi connectivity index (χ2n) is 5.31. The van der Waals surface area contributed by atoms with E-state index in [1.807, 2.05) is 12.1 Å². The van der Waals surface area contributed by atoms with Crippen LogP contribution in [0.25, 0.3) is 0 Å². The van der Waals surface area contributed by atoms with Gasteiger partial charge in [-0.15, -0.1) is 0 Å². The number of ether oxygens (including phenoxy) is 2. The van der Waals surface area contributed by atoms with Gasteiger partial charge >= 0.3 is 5.97 Å². The molecule has 3 rings (SSSR count). The topological polar surface area (TPSA) is 68.7 Å². The van der Waals surface area contributed by atoms with E-state index < -0.39 is 5.97 Å². The molecule has 6 nitrogen and oxygen atoms in total. The molecule has 124 valence electrons. The Hall–Kier alpha value is -2.41. The number of aromatic nitrogens is 1. The van der Waals surface area contributed by atoms with Crippen molar-refractivity contribution in [3.05, 3.63) is 58.2 Å². The Balaban J connectivity index is 1.56. The molecule has 1 aromatic carbocycles. The van der Waals surface area contributed by atoms with Gasteiger partial charge in [0.05, 0.1) is 30.2 Å². The molecule has 1 amide bonds. The van der Waals surface area contributed by atoms with Crippen LogP contribution in [-0.4, -0.2) is 48.1 Å². The molecule has 0 spiro atoms. The minimum absolute atomic E-state index is 0.0745. The largest absolute Gasteiger partial charge is 0.470 e. The number of hydrogen-bond acceptors (Lipinski definition) is 5. The number of rotatable bonds is 4. The summed E-state index contributed by atoms with van der Waals surface area (Å²) in [6.45, 7) is 1.00. The van der Waals surface area contributed by atoms with Crippen molar-refractivity contribution in [2.45, 2.75) is 6.10 Å².